The maximum Gasteiger partial charge on any atom is 0.252 e. The fourth-order valence-corrected chi connectivity index (χ4v) is 5.45. The number of hydrogen-bond donors (Lipinski definition) is 1. The summed E-state index contributed by atoms with van der Waals surface area (Å²) in [5.41, 5.74) is 0.339. The fourth-order valence-electron chi connectivity index (χ4n) is 2.77. The van der Waals surface area contributed by atoms with Crippen molar-refractivity contribution in [3.8, 4) is 0 Å². The van der Waals surface area contributed by atoms with Gasteiger partial charge < -0.3 is 5.32 Å². The van der Waals surface area contributed by atoms with Crippen LogP contribution in [0.1, 0.15) is 28.1 Å². The molecule has 1 aliphatic heterocycles. The van der Waals surface area contributed by atoms with Gasteiger partial charge in [-0.25, -0.2) is 8.42 Å². The molecule has 0 aliphatic carbocycles. The molecule has 3 rings (SSSR count). The van der Waals surface area contributed by atoms with Crippen LogP contribution in [0.5, 0.6) is 0 Å². The summed E-state index contributed by atoms with van der Waals surface area (Å²) in [4.78, 5) is 13.8. The normalized spacial score (nSPS) is 15.4. The molecule has 134 valence electrons. The van der Waals surface area contributed by atoms with Gasteiger partial charge >= 0.3 is 0 Å². The van der Waals surface area contributed by atoms with Gasteiger partial charge in [-0.1, -0.05) is 6.07 Å². The van der Waals surface area contributed by atoms with E-state index in [0.29, 0.717) is 29.7 Å². The van der Waals surface area contributed by atoms with E-state index in [1.54, 1.807) is 23.5 Å². The van der Waals surface area contributed by atoms with Crippen LogP contribution in [0.15, 0.2) is 45.1 Å². The van der Waals surface area contributed by atoms with Crippen LogP contribution in [-0.4, -0.2) is 38.3 Å². The van der Waals surface area contributed by atoms with Gasteiger partial charge in [-0.2, -0.15) is 4.31 Å². The molecule has 1 saturated heterocycles. The second kappa shape index (κ2) is 7.99. The number of benzene rings is 1. The minimum absolute atomic E-state index is 0.168. The van der Waals surface area contributed by atoms with E-state index in [1.165, 1.54) is 15.2 Å². The Morgan fingerprint density at radius 1 is 1.24 bits per heavy atom. The minimum Gasteiger partial charge on any atom is -0.352 e. The van der Waals surface area contributed by atoms with Crippen molar-refractivity contribution >= 4 is 43.2 Å². The number of carbonyl (C=O) groups is 1. The predicted molar refractivity (Wildman–Crippen MR) is 102 cm³/mol. The highest BCUT2D eigenvalue weighted by atomic mass is 79.9. The Kier molecular flexibility index (Phi) is 5.93. The van der Waals surface area contributed by atoms with Crippen LogP contribution < -0.4 is 5.32 Å². The SMILES string of the molecule is O=C(NCCc1cccs1)c1cc(S(=O)(=O)N2CCCC2)ccc1Br. The highest BCUT2D eigenvalue weighted by molar-refractivity contribution is 9.10. The van der Waals surface area contributed by atoms with E-state index in [2.05, 4.69) is 21.2 Å². The van der Waals surface area contributed by atoms with Crippen LogP contribution in [-0.2, 0) is 16.4 Å². The van der Waals surface area contributed by atoms with Crippen molar-refractivity contribution in [2.24, 2.45) is 0 Å². The smallest absolute Gasteiger partial charge is 0.252 e. The molecule has 0 spiro atoms. The average molecular weight is 443 g/mol. The molecule has 0 radical (unpaired) electrons. The molecule has 2 aromatic rings. The molecule has 0 atom stereocenters. The van der Waals surface area contributed by atoms with Crippen molar-refractivity contribution in [1.82, 2.24) is 9.62 Å². The second-order valence-corrected chi connectivity index (χ2v) is 9.66. The summed E-state index contributed by atoms with van der Waals surface area (Å²) in [6.45, 7) is 1.59. The third kappa shape index (κ3) is 4.31. The van der Waals surface area contributed by atoms with Crippen molar-refractivity contribution in [3.63, 3.8) is 0 Å². The molecule has 1 aromatic heterocycles. The van der Waals surface area contributed by atoms with Gasteiger partial charge in [0.25, 0.3) is 5.91 Å². The standard InChI is InChI=1S/C17H19BrN2O3S2/c18-16-6-5-14(25(22,23)20-9-1-2-10-20)12-15(16)17(21)19-8-7-13-4-3-11-24-13/h3-6,11-12H,1-2,7-10H2,(H,19,21). The van der Waals surface area contributed by atoms with Gasteiger partial charge in [0.15, 0.2) is 0 Å². The van der Waals surface area contributed by atoms with Crippen LogP contribution in [0, 0.1) is 0 Å². The first-order valence-corrected chi connectivity index (χ1v) is 11.2. The zero-order chi connectivity index (χ0) is 17.9. The topological polar surface area (TPSA) is 66.5 Å². The van der Waals surface area contributed by atoms with Crippen LogP contribution in [0.25, 0.3) is 0 Å². The molecule has 1 aromatic carbocycles. The van der Waals surface area contributed by atoms with Crippen LogP contribution in [0.3, 0.4) is 0 Å². The Morgan fingerprint density at radius 3 is 2.68 bits per heavy atom. The molecule has 1 fully saturated rings. The Balaban J connectivity index is 1.73. The number of nitrogens with zero attached hydrogens (tertiary/aromatic N) is 1. The highest BCUT2D eigenvalue weighted by Gasteiger charge is 2.28. The molecule has 0 unspecified atom stereocenters. The number of hydrogen-bond acceptors (Lipinski definition) is 4. The molecule has 0 bridgehead atoms. The van der Waals surface area contributed by atoms with Crippen LogP contribution in [0.4, 0.5) is 0 Å². The van der Waals surface area contributed by atoms with E-state index in [9.17, 15) is 13.2 Å². The highest BCUT2D eigenvalue weighted by Crippen LogP contribution is 2.25. The first-order valence-electron chi connectivity index (χ1n) is 8.09. The number of halogens is 1. The molecule has 1 aliphatic rings. The van der Waals surface area contributed by atoms with Gasteiger partial charge in [0.1, 0.15) is 0 Å². The second-order valence-electron chi connectivity index (χ2n) is 5.84. The Labute approximate surface area is 160 Å². The Morgan fingerprint density at radius 2 is 2.00 bits per heavy atom. The molecule has 1 N–H and O–H groups in total. The molecule has 8 heteroatoms. The molecule has 2 heterocycles. The third-order valence-electron chi connectivity index (χ3n) is 4.12. The quantitative estimate of drug-likeness (QED) is 0.746. The monoisotopic (exact) mass is 442 g/mol. The van der Waals surface area contributed by atoms with E-state index in [-0.39, 0.29) is 10.8 Å². The van der Waals surface area contributed by atoms with Gasteiger partial charge in [0.05, 0.1) is 10.5 Å². The van der Waals surface area contributed by atoms with E-state index < -0.39 is 10.0 Å². The van der Waals surface area contributed by atoms with Gasteiger partial charge in [-0.05, 0) is 64.8 Å². The molecule has 25 heavy (non-hydrogen) atoms. The third-order valence-corrected chi connectivity index (χ3v) is 7.64. The number of amides is 1. The van der Waals surface area contributed by atoms with Gasteiger partial charge in [-0.15, -0.1) is 11.3 Å². The number of rotatable bonds is 6. The van der Waals surface area contributed by atoms with Gasteiger partial charge in [-0.3, -0.25) is 4.79 Å². The maximum absolute atomic E-state index is 12.7. The van der Waals surface area contributed by atoms with Crippen LogP contribution >= 0.6 is 27.3 Å². The maximum atomic E-state index is 12.7. The number of sulfonamides is 1. The summed E-state index contributed by atoms with van der Waals surface area (Å²) in [7, 11) is -3.53. The largest absolute Gasteiger partial charge is 0.352 e. The molecular weight excluding hydrogens is 424 g/mol. The zero-order valence-corrected chi connectivity index (χ0v) is 16.8. The first kappa shape index (κ1) is 18.6. The zero-order valence-electron chi connectivity index (χ0n) is 13.6. The lowest BCUT2D eigenvalue weighted by molar-refractivity contribution is 0.0953. The average Bonchev–Trinajstić information content (AvgIpc) is 3.29. The lowest BCUT2D eigenvalue weighted by Crippen LogP contribution is -2.29. The van der Waals surface area contributed by atoms with Gasteiger partial charge in [0, 0.05) is 29.0 Å². The summed E-state index contributed by atoms with van der Waals surface area (Å²) < 4.78 is 27.4. The summed E-state index contributed by atoms with van der Waals surface area (Å²) >= 11 is 4.99. The summed E-state index contributed by atoms with van der Waals surface area (Å²) in [5.74, 6) is -0.276. The lowest BCUT2D eigenvalue weighted by Gasteiger charge is -2.16. The van der Waals surface area contributed by atoms with Crippen molar-refractivity contribution < 1.29 is 13.2 Å². The van der Waals surface area contributed by atoms with Crippen LogP contribution in [0.2, 0.25) is 0 Å². The fraction of sp³-hybridized carbons (Fsp3) is 0.353. The van der Waals surface area contributed by atoms with Crippen molar-refractivity contribution in [2.45, 2.75) is 24.2 Å². The number of nitrogens with one attached hydrogen (secondary N) is 1. The van der Waals surface area contributed by atoms with Crippen molar-refractivity contribution in [2.75, 3.05) is 19.6 Å². The van der Waals surface area contributed by atoms with E-state index >= 15 is 0 Å². The molecule has 1 amide bonds. The number of thiophene rings is 1. The molecular formula is C17H19BrN2O3S2. The molecule has 0 saturated carbocycles. The lowest BCUT2D eigenvalue weighted by atomic mass is 10.2. The van der Waals surface area contributed by atoms with Crippen molar-refractivity contribution in [3.05, 3.63) is 50.6 Å². The van der Waals surface area contributed by atoms with E-state index in [4.69, 9.17) is 0 Å². The van der Waals surface area contributed by atoms with Crippen molar-refractivity contribution in [1.29, 1.82) is 0 Å². The van der Waals surface area contributed by atoms with E-state index in [0.717, 1.165) is 19.3 Å². The Bertz CT molecular complexity index is 845. The summed E-state index contributed by atoms with van der Waals surface area (Å²) in [6, 6.07) is 8.62. The minimum atomic E-state index is -3.53. The Hall–Kier alpha value is -1.22. The predicted octanol–water partition coefficient (Wildman–Crippen LogP) is 3.27. The number of carbonyl (C=O) groups excluding carboxylic acids is 1. The van der Waals surface area contributed by atoms with E-state index in [1.807, 2.05) is 17.5 Å². The summed E-state index contributed by atoms with van der Waals surface area (Å²) in [5, 5.41) is 4.86. The summed E-state index contributed by atoms with van der Waals surface area (Å²) in [6.07, 6.45) is 2.52. The first-order chi connectivity index (χ1) is 12.0. The van der Waals surface area contributed by atoms with Gasteiger partial charge in [0.2, 0.25) is 10.0 Å². The molecule has 5 nitrogen and oxygen atoms in total.